The summed E-state index contributed by atoms with van der Waals surface area (Å²) in [5.41, 5.74) is 0.0973. The van der Waals surface area contributed by atoms with Crippen LogP contribution in [0.15, 0.2) is 34.7 Å². The van der Waals surface area contributed by atoms with Gasteiger partial charge < -0.3 is 19.9 Å². The third-order valence-electron chi connectivity index (χ3n) is 4.04. The first-order valence-electron chi connectivity index (χ1n) is 7.27. The predicted octanol–water partition coefficient (Wildman–Crippen LogP) is 0.888. The summed E-state index contributed by atoms with van der Waals surface area (Å²) in [6.45, 7) is 1.32. The van der Waals surface area contributed by atoms with Crippen LogP contribution < -0.4 is 5.32 Å². The van der Waals surface area contributed by atoms with Crippen molar-refractivity contribution in [2.45, 2.75) is 19.0 Å². The molecule has 0 fully saturated rings. The normalized spacial score (nSPS) is 13.9. The van der Waals surface area contributed by atoms with Crippen LogP contribution in [-0.2, 0) is 6.54 Å². The quantitative estimate of drug-likeness (QED) is 0.646. The molecule has 1 aromatic heterocycles. The van der Waals surface area contributed by atoms with E-state index in [1.165, 1.54) is 6.07 Å². The number of carbonyl (C=O) groups is 2. The fourth-order valence-corrected chi connectivity index (χ4v) is 2.48. The lowest BCUT2D eigenvalue weighted by molar-refractivity contribution is 0.0952. The summed E-state index contributed by atoms with van der Waals surface area (Å²) >= 11 is 0. The largest absolute Gasteiger partial charge is 0.455 e. The van der Waals surface area contributed by atoms with Gasteiger partial charge >= 0.3 is 0 Å². The molecule has 0 saturated heterocycles. The Morgan fingerprint density at radius 1 is 1.04 bits per heavy atom. The molecule has 3 rings (SSSR count). The maximum atomic E-state index is 12.5. The van der Waals surface area contributed by atoms with Crippen LogP contribution in [0.3, 0.4) is 0 Å². The number of aliphatic hydroxyl groups excluding tert-OH is 2. The van der Waals surface area contributed by atoms with Gasteiger partial charge in [0.2, 0.25) is 5.78 Å². The molecule has 120 valence electrons. The molecule has 23 heavy (non-hydrogen) atoms. The standard InChI is InChI=1S/C17H17NO5/c1-17(8-19,9-20)18-7-10-6-13-14(21)11-4-2-3-5-12(11)15(22)16(13)23-10/h2-6,18-20H,7-9H2,1H3. The fourth-order valence-electron chi connectivity index (χ4n) is 2.48. The van der Waals surface area contributed by atoms with Gasteiger partial charge in [0, 0.05) is 11.1 Å². The molecule has 0 amide bonds. The summed E-state index contributed by atoms with van der Waals surface area (Å²) in [4.78, 5) is 24.9. The summed E-state index contributed by atoms with van der Waals surface area (Å²) in [6, 6.07) is 8.18. The summed E-state index contributed by atoms with van der Waals surface area (Å²) in [5.74, 6) is -0.108. The van der Waals surface area contributed by atoms with Crippen LogP contribution in [0, 0.1) is 0 Å². The highest BCUT2D eigenvalue weighted by Gasteiger charge is 2.33. The van der Waals surface area contributed by atoms with E-state index in [0.29, 0.717) is 16.9 Å². The van der Waals surface area contributed by atoms with E-state index >= 15 is 0 Å². The number of fused-ring (bicyclic) bond motifs is 2. The number of hydrogen-bond donors (Lipinski definition) is 3. The minimum absolute atomic E-state index is 0.0419. The first-order chi connectivity index (χ1) is 11.0. The third-order valence-corrected chi connectivity index (χ3v) is 4.04. The Labute approximate surface area is 132 Å². The van der Waals surface area contributed by atoms with Gasteiger partial charge in [0.05, 0.1) is 30.9 Å². The molecule has 1 aliphatic carbocycles. The van der Waals surface area contributed by atoms with Crippen LogP contribution in [0.25, 0.3) is 0 Å². The van der Waals surface area contributed by atoms with Crippen molar-refractivity contribution in [1.29, 1.82) is 0 Å². The lowest BCUT2D eigenvalue weighted by Crippen LogP contribution is -2.48. The molecule has 2 aromatic rings. The summed E-state index contributed by atoms with van der Waals surface area (Å²) in [6.07, 6.45) is 0. The molecule has 0 atom stereocenters. The molecule has 0 saturated carbocycles. The van der Waals surface area contributed by atoms with Crippen molar-refractivity contribution in [1.82, 2.24) is 5.32 Å². The van der Waals surface area contributed by atoms with Crippen molar-refractivity contribution in [2.24, 2.45) is 0 Å². The van der Waals surface area contributed by atoms with E-state index in [4.69, 9.17) is 4.42 Å². The highest BCUT2D eigenvalue weighted by Crippen LogP contribution is 2.29. The zero-order valence-corrected chi connectivity index (χ0v) is 12.6. The molecule has 0 aliphatic heterocycles. The Morgan fingerprint density at radius 2 is 1.65 bits per heavy atom. The number of ketones is 2. The van der Waals surface area contributed by atoms with Crippen molar-refractivity contribution in [2.75, 3.05) is 13.2 Å². The van der Waals surface area contributed by atoms with Crippen LogP contribution in [0.5, 0.6) is 0 Å². The van der Waals surface area contributed by atoms with Crippen LogP contribution in [-0.4, -0.2) is 40.5 Å². The summed E-state index contributed by atoms with van der Waals surface area (Å²) in [7, 11) is 0. The van der Waals surface area contributed by atoms with E-state index < -0.39 is 5.54 Å². The topological polar surface area (TPSA) is 99.8 Å². The fraction of sp³-hybridized carbons (Fsp3) is 0.294. The molecule has 0 bridgehead atoms. The first kappa shape index (κ1) is 15.6. The Kier molecular flexibility index (Phi) is 3.89. The number of benzene rings is 1. The molecule has 0 spiro atoms. The minimum atomic E-state index is -0.871. The highest BCUT2D eigenvalue weighted by molar-refractivity contribution is 6.27. The van der Waals surface area contributed by atoms with Gasteiger partial charge in [-0.1, -0.05) is 24.3 Å². The van der Waals surface area contributed by atoms with Gasteiger partial charge in [-0.25, -0.2) is 0 Å². The molecular weight excluding hydrogens is 298 g/mol. The van der Waals surface area contributed by atoms with Gasteiger partial charge in [-0.05, 0) is 13.0 Å². The Bertz CT molecular complexity index is 721. The zero-order chi connectivity index (χ0) is 16.6. The number of carbonyl (C=O) groups excluding carboxylic acids is 2. The number of aliphatic hydroxyl groups is 2. The van der Waals surface area contributed by atoms with E-state index in [1.54, 1.807) is 31.2 Å². The average molecular weight is 315 g/mol. The van der Waals surface area contributed by atoms with Crippen molar-refractivity contribution in [3.63, 3.8) is 0 Å². The van der Waals surface area contributed by atoms with Crippen LogP contribution in [0.4, 0.5) is 0 Å². The second-order valence-electron chi connectivity index (χ2n) is 5.89. The predicted molar refractivity (Wildman–Crippen MR) is 81.4 cm³/mol. The van der Waals surface area contributed by atoms with Crippen molar-refractivity contribution in [3.05, 3.63) is 58.5 Å². The van der Waals surface area contributed by atoms with Gasteiger partial charge in [-0.2, -0.15) is 0 Å². The summed E-state index contributed by atoms with van der Waals surface area (Å²) in [5, 5.41) is 21.5. The molecule has 1 aliphatic rings. The van der Waals surface area contributed by atoms with Crippen LogP contribution in [0.1, 0.15) is 44.7 Å². The Hall–Kier alpha value is -2.28. The SMILES string of the molecule is CC(CO)(CO)NCc1cc2c(o1)C(=O)c1ccccc1C2=O. The summed E-state index contributed by atoms with van der Waals surface area (Å²) < 4.78 is 5.53. The third kappa shape index (κ3) is 2.61. The molecule has 0 radical (unpaired) electrons. The molecule has 3 N–H and O–H groups in total. The molecule has 6 nitrogen and oxygen atoms in total. The molecule has 1 heterocycles. The second kappa shape index (κ2) is 5.73. The highest BCUT2D eigenvalue weighted by atomic mass is 16.4. The maximum absolute atomic E-state index is 12.5. The number of nitrogens with one attached hydrogen (secondary N) is 1. The first-order valence-corrected chi connectivity index (χ1v) is 7.27. The van der Waals surface area contributed by atoms with Crippen LogP contribution in [0.2, 0.25) is 0 Å². The van der Waals surface area contributed by atoms with Gasteiger partial charge in [0.25, 0.3) is 0 Å². The molecule has 1 aromatic carbocycles. The zero-order valence-electron chi connectivity index (χ0n) is 12.6. The smallest absolute Gasteiger partial charge is 0.229 e. The number of rotatable bonds is 5. The monoisotopic (exact) mass is 315 g/mol. The van der Waals surface area contributed by atoms with Crippen LogP contribution >= 0.6 is 0 Å². The molecule has 6 heteroatoms. The average Bonchev–Trinajstić information content (AvgIpc) is 3.02. The van der Waals surface area contributed by atoms with Gasteiger partial charge in [0.15, 0.2) is 11.5 Å². The van der Waals surface area contributed by atoms with Gasteiger partial charge in [-0.15, -0.1) is 0 Å². The number of hydrogen-bond acceptors (Lipinski definition) is 6. The van der Waals surface area contributed by atoms with E-state index in [0.717, 1.165) is 0 Å². The van der Waals surface area contributed by atoms with E-state index in [9.17, 15) is 19.8 Å². The Balaban J connectivity index is 1.90. The minimum Gasteiger partial charge on any atom is -0.455 e. The van der Waals surface area contributed by atoms with Gasteiger partial charge in [-0.3, -0.25) is 9.59 Å². The lowest BCUT2D eigenvalue weighted by atomic mass is 9.89. The van der Waals surface area contributed by atoms with Crippen molar-refractivity contribution in [3.8, 4) is 0 Å². The van der Waals surface area contributed by atoms with E-state index in [-0.39, 0.29) is 42.6 Å². The van der Waals surface area contributed by atoms with E-state index in [2.05, 4.69) is 5.32 Å². The van der Waals surface area contributed by atoms with E-state index in [1.807, 2.05) is 0 Å². The Morgan fingerprint density at radius 3 is 2.26 bits per heavy atom. The van der Waals surface area contributed by atoms with Gasteiger partial charge in [0.1, 0.15) is 5.76 Å². The second-order valence-corrected chi connectivity index (χ2v) is 5.89. The van der Waals surface area contributed by atoms with Crippen molar-refractivity contribution < 1.29 is 24.2 Å². The maximum Gasteiger partial charge on any atom is 0.229 e. The van der Waals surface area contributed by atoms with Crippen molar-refractivity contribution >= 4 is 11.6 Å². The molecule has 0 unspecified atom stereocenters. The lowest BCUT2D eigenvalue weighted by Gasteiger charge is -2.25. The molecular formula is C17H17NO5. The number of furan rings is 1.